The molecule has 0 aromatic heterocycles. The maximum atomic E-state index is 12.2. The number of aliphatic carboxylic acids is 1. The number of fused-ring (bicyclic) bond motifs is 5. The van der Waals surface area contributed by atoms with Crippen LogP contribution in [-0.4, -0.2) is 29.2 Å². The van der Waals surface area contributed by atoms with E-state index in [4.69, 9.17) is 0 Å². The molecule has 0 spiro atoms. The Morgan fingerprint density at radius 1 is 1.22 bits per heavy atom. The van der Waals surface area contributed by atoms with Gasteiger partial charge < -0.3 is 9.90 Å². The molecule has 0 N–H and O–H groups in total. The fourth-order valence-corrected chi connectivity index (χ4v) is 3.57. The number of allylic oxidation sites excluding steroid dienone is 2. The first-order valence-electron chi connectivity index (χ1n) is 6.33. The minimum absolute atomic E-state index is 0.111. The number of carbonyl (C=O) groups is 3. The maximum Gasteiger partial charge on any atom is 0.233 e. The first kappa shape index (κ1) is 11.4. The van der Waals surface area contributed by atoms with Crippen molar-refractivity contribution in [3.05, 3.63) is 12.2 Å². The summed E-state index contributed by atoms with van der Waals surface area (Å²) in [4.78, 5) is 35.9. The summed E-state index contributed by atoms with van der Waals surface area (Å²) in [7, 11) is 0. The zero-order chi connectivity index (χ0) is 12.9. The predicted molar refractivity (Wildman–Crippen MR) is 58.7 cm³/mol. The molecule has 0 aromatic rings. The lowest BCUT2D eigenvalue weighted by atomic mass is 9.85. The van der Waals surface area contributed by atoms with Gasteiger partial charge in [-0.25, -0.2) is 0 Å². The van der Waals surface area contributed by atoms with Crippen LogP contribution in [0.15, 0.2) is 12.2 Å². The molecule has 96 valence electrons. The fraction of sp³-hybridized carbons (Fsp3) is 0.615. The van der Waals surface area contributed by atoms with Crippen molar-refractivity contribution >= 4 is 17.8 Å². The molecule has 4 atom stereocenters. The van der Waals surface area contributed by atoms with Crippen molar-refractivity contribution in [2.45, 2.75) is 19.3 Å². The van der Waals surface area contributed by atoms with Crippen molar-refractivity contribution in [2.24, 2.45) is 23.7 Å². The minimum atomic E-state index is -1.14. The zero-order valence-corrected chi connectivity index (χ0v) is 9.87. The molecule has 1 saturated carbocycles. The third-order valence-corrected chi connectivity index (χ3v) is 4.32. The molecule has 5 heteroatoms. The van der Waals surface area contributed by atoms with Gasteiger partial charge in [0.25, 0.3) is 0 Å². The highest BCUT2D eigenvalue weighted by Crippen LogP contribution is 2.52. The molecule has 1 saturated heterocycles. The second-order valence-corrected chi connectivity index (χ2v) is 5.30. The summed E-state index contributed by atoms with van der Waals surface area (Å²) in [5.41, 5.74) is 0. The Kier molecular flexibility index (Phi) is 2.50. The van der Waals surface area contributed by atoms with E-state index >= 15 is 0 Å². The van der Waals surface area contributed by atoms with E-state index < -0.39 is 5.97 Å². The van der Waals surface area contributed by atoms with Crippen LogP contribution in [-0.2, 0) is 14.4 Å². The number of imide groups is 1. The topological polar surface area (TPSA) is 77.5 Å². The number of hydrogen-bond acceptors (Lipinski definition) is 4. The van der Waals surface area contributed by atoms with E-state index in [1.54, 1.807) is 0 Å². The van der Waals surface area contributed by atoms with Crippen LogP contribution in [0.2, 0.25) is 0 Å². The van der Waals surface area contributed by atoms with E-state index in [1.165, 1.54) is 4.90 Å². The van der Waals surface area contributed by atoms with E-state index in [0.29, 0.717) is 0 Å². The normalized spacial score (nSPS) is 36.6. The van der Waals surface area contributed by atoms with Gasteiger partial charge in [-0.15, -0.1) is 0 Å². The van der Waals surface area contributed by atoms with Crippen LogP contribution in [0.4, 0.5) is 0 Å². The largest absolute Gasteiger partial charge is 0.550 e. The average Bonchev–Trinajstić information content (AvgIpc) is 2.97. The minimum Gasteiger partial charge on any atom is -0.550 e. The van der Waals surface area contributed by atoms with Crippen molar-refractivity contribution in [2.75, 3.05) is 6.54 Å². The Labute approximate surface area is 104 Å². The molecule has 1 aliphatic heterocycles. The highest BCUT2D eigenvalue weighted by molar-refractivity contribution is 6.06. The molecule has 2 bridgehead atoms. The van der Waals surface area contributed by atoms with E-state index in [2.05, 4.69) is 0 Å². The van der Waals surface area contributed by atoms with Crippen molar-refractivity contribution < 1.29 is 19.5 Å². The summed E-state index contributed by atoms with van der Waals surface area (Å²) in [6, 6.07) is 0. The first-order chi connectivity index (χ1) is 8.59. The summed E-state index contributed by atoms with van der Waals surface area (Å²) >= 11 is 0. The number of nitrogens with zero attached hydrogens (tertiary/aromatic N) is 1. The van der Waals surface area contributed by atoms with Gasteiger partial charge in [-0.1, -0.05) is 12.2 Å². The second kappa shape index (κ2) is 3.93. The Morgan fingerprint density at radius 3 is 2.28 bits per heavy atom. The summed E-state index contributed by atoms with van der Waals surface area (Å²) < 4.78 is 0. The molecule has 2 aliphatic carbocycles. The van der Waals surface area contributed by atoms with Gasteiger partial charge in [-0.2, -0.15) is 0 Å². The van der Waals surface area contributed by atoms with Crippen LogP contribution in [0.1, 0.15) is 19.3 Å². The molecule has 3 aliphatic rings. The van der Waals surface area contributed by atoms with Crippen molar-refractivity contribution in [3.8, 4) is 0 Å². The lowest BCUT2D eigenvalue weighted by Gasteiger charge is -2.17. The standard InChI is InChI=1S/C13H15NO4/c15-9(16)2-1-5-14-12(17)10-7-3-4-8(6-7)11(10)13(14)18/h3-4,7-8,10-11H,1-2,5-6H2,(H,15,16)/p-1/t7-,8-,10+,11+/m0/s1. The van der Waals surface area contributed by atoms with E-state index in [-0.39, 0.29) is 54.9 Å². The number of carboxylic acids is 1. The van der Waals surface area contributed by atoms with E-state index in [0.717, 1.165) is 6.42 Å². The second-order valence-electron chi connectivity index (χ2n) is 5.30. The Bertz CT molecular complexity index is 426. The van der Waals surface area contributed by atoms with Gasteiger partial charge in [0.2, 0.25) is 11.8 Å². The van der Waals surface area contributed by atoms with Crippen LogP contribution in [0, 0.1) is 23.7 Å². The van der Waals surface area contributed by atoms with Gasteiger partial charge in [0.05, 0.1) is 11.8 Å². The lowest BCUT2D eigenvalue weighted by Crippen LogP contribution is -2.34. The number of carbonyl (C=O) groups excluding carboxylic acids is 3. The maximum absolute atomic E-state index is 12.2. The molecule has 2 amide bonds. The molecule has 18 heavy (non-hydrogen) atoms. The van der Waals surface area contributed by atoms with Crippen molar-refractivity contribution in [1.82, 2.24) is 4.90 Å². The number of likely N-dealkylation sites (tertiary alicyclic amines) is 1. The molecule has 0 unspecified atom stereocenters. The molecule has 0 radical (unpaired) electrons. The lowest BCUT2D eigenvalue weighted by molar-refractivity contribution is -0.305. The quantitative estimate of drug-likeness (QED) is 0.488. The third kappa shape index (κ3) is 1.50. The summed E-state index contributed by atoms with van der Waals surface area (Å²) in [6.45, 7) is 0.206. The molecule has 3 rings (SSSR count). The highest BCUT2D eigenvalue weighted by Gasteiger charge is 2.58. The molecule has 5 nitrogen and oxygen atoms in total. The SMILES string of the molecule is O=C([O-])CCCN1C(=O)[C@H]2[C@H](C1=O)[C@H]1C=C[C@H]2C1. The van der Waals surface area contributed by atoms with Crippen LogP contribution in [0.25, 0.3) is 0 Å². The molecule has 0 aromatic carbocycles. The van der Waals surface area contributed by atoms with Crippen LogP contribution in [0.3, 0.4) is 0 Å². The molecule has 2 fully saturated rings. The van der Waals surface area contributed by atoms with Crippen LogP contribution in [0.5, 0.6) is 0 Å². The summed E-state index contributed by atoms with van der Waals surface area (Å²) in [5.74, 6) is -1.31. The average molecular weight is 248 g/mol. The van der Waals surface area contributed by atoms with Gasteiger partial charge in [-0.3, -0.25) is 14.5 Å². The fourth-order valence-electron chi connectivity index (χ4n) is 3.57. The molecular formula is C13H14NO4-. The van der Waals surface area contributed by atoms with Crippen LogP contribution < -0.4 is 5.11 Å². The Balaban J connectivity index is 1.70. The van der Waals surface area contributed by atoms with Crippen molar-refractivity contribution in [1.29, 1.82) is 0 Å². The van der Waals surface area contributed by atoms with Gasteiger partial charge >= 0.3 is 0 Å². The van der Waals surface area contributed by atoms with E-state index in [9.17, 15) is 19.5 Å². The highest BCUT2D eigenvalue weighted by atomic mass is 16.4. The van der Waals surface area contributed by atoms with Gasteiger partial charge in [0.1, 0.15) is 0 Å². The first-order valence-corrected chi connectivity index (χ1v) is 6.33. The number of hydrogen-bond donors (Lipinski definition) is 0. The van der Waals surface area contributed by atoms with Crippen LogP contribution >= 0.6 is 0 Å². The Hall–Kier alpha value is -1.65. The summed E-state index contributed by atoms with van der Waals surface area (Å²) in [6.07, 6.45) is 5.17. The monoisotopic (exact) mass is 248 g/mol. The zero-order valence-electron chi connectivity index (χ0n) is 9.87. The van der Waals surface area contributed by atoms with E-state index in [1.807, 2.05) is 12.2 Å². The summed E-state index contributed by atoms with van der Waals surface area (Å²) in [5, 5.41) is 10.3. The predicted octanol–water partition coefficient (Wildman–Crippen LogP) is -0.676. The Morgan fingerprint density at radius 2 is 1.78 bits per heavy atom. The number of amides is 2. The number of rotatable bonds is 4. The molecular weight excluding hydrogens is 234 g/mol. The van der Waals surface area contributed by atoms with Gasteiger partial charge in [0, 0.05) is 12.5 Å². The van der Waals surface area contributed by atoms with Crippen molar-refractivity contribution in [3.63, 3.8) is 0 Å². The number of carboxylic acid groups (broad SMARTS) is 1. The van der Waals surface area contributed by atoms with Gasteiger partial charge in [0.15, 0.2) is 0 Å². The third-order valence-electron chi connectivity index (χ3n) is 4.32. The van der Waals surface area contributed by atoms with Gasteiger partial charge in [-0.05, 0) is 31.1 Å². The molecule has 1 heterocycles. The smallest absolute Gasteiger partial charge is 0.233 e.